The summed E-state index contributed by atoms with van der Waals surface area (Å²) >= 11 is 0.642. The molecule has 0 bridgehead atoms. The Bertz CT molecular complexity index is 948. The molecule has 1 heterocycles. The summed E-state index contributed by atoms with van der Waals surface area (Å²) in [6, 6.07) is 6.27. The summed E-state index contributed by atoms with van der Waals surface area (Å²) in [5.74, 6) is -1.14. The molecule has 140 valence electrons. The van der Waals surface area contributed by atoms with Crippen molar-refractivity contribution in [3.63, 3.8) is 0 Å². The fourth-order valence-electron chi connectivity index (χ4n) is 2.19. The van der Waals surface area contributed by atoms with E-state index in [1.807, 2.05) is 0 Å². The van der Waals surface area contributed by atoms with Gasteiger partial charge in [-0.2, -0.15) is 0 Å². The van der Waals surface area contributed by atoms with E-state index in [1.54, 1.807) is 12.1 Å². The molecule has 10 heteroatoms. The van der Waals surface area contributed by atoms with Crippen molar-refractivity contribution in [2.45, 2.75) is 11.1 Å². The Morgan fingerprint density at radius 2 is 1.73 bits per heavy atom. The Labute approximate surface area is 154 Å². The Morgan fingerprint density at radius 1 is 1.08 bits per heavy atom. The second-order valence-electron chi connectivity index (χ2n) is 5.04. The summed E-state index contributed by atoms with van der Waals surface area (Å²) < 4.78 is 42.0. The summed E-state index contributed by atoms with van der Waals surface area (Å²) in [5.41, 5.74) is 0.221. The molecule has 0 atom stereocenters. The topological polar surface area (TPSA) is 108 Å². The predicted octanol–water partition coefficient (Wildman–Crippen LogP) is 2.44. The number of esters is 2. The third-order valence-corrected chi connectivity index (χ3v) is 6.61. The number of rotatable bonds is 6. The third kappa shape index (κ3) is 3.81. The first-order valence-electron chi connectivity index (χ1n) is 7.22. The highest BCUT2D eigenvalue weighted by molar-refractivity contribution is 7.94. The molecule has 0 radical (unpaired) electrons. The Morgan fingerprint density at radius 3 is 2.31 bits per heavy atom. The van der Waals surface area contributed by atoms with Gasteiger partial charge in [0.1, 0.15) is 10.6 Å². The van der Waals surface area contributed by atoms with Crippen LogP contribution in [-0.4, -0.2) is 41.7 Å². The van der Waals surface area contributed by atoms with Gasteiger partial charge in [0.2, 0.25) is 0 Å². The van der Waals surface area contributed by atoms with Crippen LogP contribution in [0.1, 0.15) is 25.6 Å². The van der Waals surface area contributed by atoms with Crippen molar-refractivity contribution >= 4 is 39.0 Å². The monoisotopic (exact) mass is 399 g/mol. The van der Waals surface area contributed by atoms with E-state index in [-0.39, 0.29) is 25.9 Å². The van der Waals surface area contributed by atoms with Crippen molar-refractivity contribution < 1.29 is 32.2 Å². The average molecular weight is 399 g/mol. The third-order valence-electron chi connectivity index (χ3n) is 3.44. The van der Waals surface area contributed by atoms with E-state index in [9.17, 15) is 18.0 Å². The number of thiophene rings is 1. The highest BCUT2D eigenvalue weighted by Crippen LogP contribution is 2.34. The van der Waals surface area contributed by atoms with Crippen LogP contribution in [0.3, 0.4) is 0 Å². The molecule has 8 nitrogen and oxygen atoms in total. The molecule has 0 saturated heterocycles. The van der Waals surface area contributed by atoms with Crippen molar-refractivity contribution in [1.29, 1.82) is 0 Å². The van der Waals surface area contributed by atoms with E-state index in [2.05, 4.69) is 14.2 Å². The van der Waals surface area contributed by atoms with Crippen LogP contribution in [0.25, 0.3) is 0 Å². The zero-order valence-corrected chi connectivity index (χ0v) is 16.1. The minimum atomic E-state index is -4.16. The minimum absolute atomic E-state index is 0.0129. The fraction of sp³-hybridized carbons (Fsp3) is 0.250. The first-order chi connectivity index (χ1) is 12.2. The number of nitrogens with one attached hydrogen (secondary N) is 1. The lowest BCUT2D eigenvalue weighted by Crippen LogP contribution is -2.16. The summed E-state index contributed by atoms with van der Waals surface area (Å²) in [7, 11) is -0.414. The van der Waals surface area contributed by atoms with Crippen LogP contribution in [0, 0.1) is 6.92 Å². The standard InChI is InChI=1S/C16H17NO7S2/c1-9-12(14(18)23-3)16(25-13(9)15(19)24-4)26(20,21)17-10-6-5-7-11(8-10)22-2/h5-8,17H,1-4H3. The van der Waals surface area contributed by atoms with E-state index in [0.29, 0.717) is 17.1 Å². The molecule has 2 rings (SSSR count). The van der Waals surface area contributed by atoms with Crippen molar-refractivity contribution in [3.05, 3.63) is 40.3 Å². The number of hydrogen-bond donors (Lipinski definition) is 1. The first kappa shape index (κ1) is 19.7. The lowest BCUT2D eigenvalue weighted by atomic mass is 10.2. The van der Waals surface area contributed by atoms with Crippen molar-refractivity contribution in [3.8, 4) is 5.75 Å². The van der Waals surface area contributed by atoms with Gasteiger partial charge in [-0.05, 0) is 24.6 Å². The van der Waals surface area contributed by atoms with E-state index in [1.165, 1.54) is 33.3 Å². The molecule has 0 amide bonds. The Balaban J connectivity index is 2.57. The van der Waals surface area contributed by atoms with Gasteiger partial charge in [-0.3, -0.25) is 4.72 Å². The largest absolute Gasteiger partial charge is 0.497 e. The maximum Gasteiger partial charge on any atom is 0.348 e. The molecule has 2 aromatic rings. The van der Waals surface area contributed by atoms with Crippen LogP contribution < -0.4 is 9.46 Å². The number of carbonyl (C=O) groups is 2. The van der Waals surface area contributed by atoms with Gasteiger partial charge in [0, 0.05) is 6.07 Å². The fourth-order valence-corrected chi connectivity index (χ4v) is 4.98. The van der Waals surface area contributed by atoms with Gasteiger partial charge in [-0.1, -0.05) is 6.07 Å². The molecule has 1 aromatic heterocycles. The predicted molar refractivity (Wildman–Crippen MR) is 95.5 cm³/mol. The van der Waals surface area contributed by atoms with Crippen LogP contribution >= 0.6 is 11.3 Å². The van der Waals surface area contributed by atoms with Crippen LogP contribution in [0.4, 0.5) is 5.69 Å². The number of hydrogen-bond acceptors (Lipinski definition) is 8. The van der Waals surface area contributed by atoms with Crippen molar-refractivity contribution in [1.82, 2.24) is 0 Å². The molecular weight excluding hydrogens is 382 g/mol. The number of benzene rings is 1. The average Bonchev–Trinajstić information content (AvgIpc) is 2.98. The molecular formula is C16H17NO7S2. The zero-order valence-electron chi connectivity index (χ0n) is 14.5. The summed E-state index contributed by atoms with van der Waals surface area (Å²) in [6.45, 7) is 1.46. The smallest absolute Gasteiger partial charge is 0.348 e. The van der Waals surface area contributed by atoms with E-state index >= 15 is 0 Å². The minimum Gasteiger partial charge on any atom is -0.497 e. The van der Waals surface area contributed by atoms with Crippen LogP contribution in [0.5, 0.6) is 5.75 Å². The second-order valence-corrected chi connectivity index (χ2v) is 7.94. The highest BCUT2D eigenvalue weighted by Gasteiger charge is 2.32. The van der Waals surface area contributed by atoms with E-state index < -0.39 is 22.0 Å². The van der Waals surface area contributed by atoms with Gasteiger partial charge >= 0.3 is 11.9 Å². The van der Waals surface area contributed by atoms with Crippen LogP contribution in [0.2, 0.25) is 0 Å². The van der Waals surface area contributed by atoms with Gasteiger partial charge in [0.05, 0.1) is 32.6 Å². The van der Waals surface area contributed by atoms with Gasteiger partial charge in [0.25, 0.3) is 10.0 Å². The Hall–Kier alpha value is -2.59. The lowest BCUT2D eigenvalue weighted by Gasteiger charge is -2.09. The number of carbonyl (C=O) groups excluding carboxylic acids is 2. The number of anilines is 1. The molecule has 0 fully saturated rings. The number of methoxy groups -OCH3 is 3. The first-order valence-corrected chi connectivity index (χ1v) is 9.52. The maximum absolute atomic E-state index is 12.8. The SMILES string of the molecule is COC(=O)c1sc(S(=O)(=O)Nc2cccc(OC)c2)c(C(=O)OC)c1C. The maximum atomic E-state index is 12.8. The molecule has 0 aliphatic carbocycles. The summed E-state index contributed by atoms with van der Waals surface area (Å²) in [4.78, 5) is 24.0. The summed E-state index contributed by atoms with van der Waals surface area (Å²) in [6.07, 6.45) is 0. The molecule has 0 aliphatic heterocycles. The van der Waals surface area contributed by atoms with E-state index in [4.69, 9.17) is 4.74 Å². The summed E-state index contributed by atoms with van der Waals surface area (Å²) in [5, 5.41) is 0. The molecule has 0 saturated carbocycles. The normalized spacial score (nSPS) is 10.9. The van der Waals surface area contributed by atoms with Crippen molar-refractivity contribution in [2.75, 3.05) is 26.1 Å². The lowest BCUT2D eigenvalue weighted by molar-refractivity contribution is 0.0596. The van der Waals surface area contributed by atoms with Crippen LogP contribution in [0.15, 0.2) is 28.5 Å². The van der Waals surface area contributed by atoms with Crippen molar-refractivity contribution in [2.24, 2.45) is 0 Å². The second kappa shape index (κ2) is 7.75. The molecule has 1 aromatic carbocycles. The Kier molecular flexibility index (Phi) is 5.88. The zero-order chi connectivity index (χ0) is 19.5. The van der Waals surface area contributed by atoms with Gasteiger partial charge < -0.3 is 14.2 Å². The van der Waals surface area contributed by atoms with E-state index in [0.717, 1.165) is 7.11 Å². The van der Waals surface area contributed by atoms with Gasteiger partial charge in [-0.25, -0.2) is 18.0 Å². The number of sulfonamides is 1. The molecule has 0 spiro atoms. The van der Waals surface area contributed by atoms with Gasteiger partial charge in [0.15, 0.2) is 4.21 Å². The molecule has 26 heavy (non-hydrogen) atoms. The molecule has 1 N–H and O–H groups in total. The highest BCUT2D eigenvalue weighted by atomic mass is 32.2. The quantitative estimate of drug-likeness (QED) is 0.743. The van der Waals surface area contributed by atoms with Crippen LogP contribution in [-0.2, 0) is 19.5 Å². The molecule has 0 unspecified atom stereocenters. The molecule has 0 aliphatic rings. The van der Waals surface area contributed by atoms with Gasteiger partial charge in [-0.15, -0.1) is 11.3 Å². The number of ether oxygens (including phenoxy) is 3.